The van der Waals surface area contributed by atoms with Crippen molar-refractivity contribution in [3.05, 3.63) is 29.3 Å². The van der Waals surface area contributed by atoms with Crippen LogP contribution in [0.3, 0.4) is 0 Å². The molecule has 1 atom stereocenters. The first-order valence-electron chi connectivity index (χ1n) is 7.76. The number of aryl methyl sites for hydroxylation is 1. The second kappa shape index (κ2) is 4.61. The van der Waals surface area contributed by atoms with Crippen molar-refractivity contribution in [2.24, 2.45) is 5.92 Å². The fourth-order valence-electron chi connectivity index (χ4n) is 3.08. The van der Waals surface area contributed by atoms with Gasteiger partial charge in [-0.3, -0.25) is 0 Å². The van der Waals surface area contributed by atoms with Crippen LogP contribution in [-0.4, -0.2) is 18.3 Å². The molecule has 0 radical (unpaired) electrons. The lowest BCUT2D eigenvalue weighted by Gasteiger charge is -2.32. The molecule has 0 unspecified atom stereocenters. The summed E-state index contributed by atoms with van der Waals surface area (Å²) in [5.41, 5.74) is 3.63. The average Bonchev–Trinajstić information content (AvgIpc) is 2.58. The van der Waals surface area contributed by atoms with Gasteiger partial charge in [-0.2, -0.15) is 0 Å². The molecule has 2 nitrogen and oxygen atoms in total. The standard InChI is InChI=1S/C17H25BO2/c1-12-6-7-14-11-15(9-8-13(14)10-12)18-19-16(2,3)17(4,5)20-18/h8-9,11-12H,6-7,10H2,1-5H3/t12-/m1/s1. The first kappa shape index (κ1) is 14.2. The summed E-state index contributed by atoms with van der Waals surface area (Å²) in [6.45, 7) is 10.8. The second-order valence-electron chi connectivity index (χ2n) is 7.46. The molecular weight excluding hydrogens is 247 g/mol. The lowest BCUT2D eigenvalue weighted by molar-refractivity contribution is 0.00578. The lowest BCUT2D eigenvalue weighted by atomic mass is 9.75. The van der Waals surface area contributed by atoms with Gasteiger partial charge in [-0.05, 0) is 69.5 Å². The molecule has 1 aliphatic carbocycles. The minimum absolute atomic E-state index is 0.232. The Labute approximate surface area is 123 Å². The summed E-state index contributed by atoms with van der Waals surface area (Å²) >= 11 is 0. The van der Waals surface area contributed by atoms with E-state index in [0.29, 0.717) is 0 Å². The predicted molar refractivity (Wildman–Crippen MR) is 83.3 cm³/mol. The van der Waals surface area contributed by atoms with Crippen molar-refractivity contribution in [3.8, 4) is 0 Å². The molecule has 2 aliphatic rings. The van der Waals surface area contributed by atoms with Crippen molar-refractivity contribution in [3.63, 3.8) is 0 Å². The Hall–Kier alpha value is -0.795. The van der Waals surface area contributed by atoms with Crippen molar-refractivity contribution in [2.75, 3.05) is 0 Å². The molecule has 1 aromatic carbocycles. The summed E-state index contributed by atoms with van der Waals surface area (Å²) in [4.78, 5) is 0. The largest absolute Gasteiger partial charge is 0.494 e. The molecule has 1 fully saturated rings. The van der Waals surface area contributed by atoms with E-state index in [-0.39, 0.29) is 18.3 Å². The number of rotatable bonds is 1. The Morgan fingerprint density at radius 2 is 1.70 bits per heavy atom. The van der Waals surface area contributed by atoms with Crippen LogP contribution in [-0.2, 0) is 22.2 Å². The zero-order valence-corrected chi connectivity index (χ0v) is 13.3. The van der Waals surface area contributed by atoms with Gasteiger partial charge in [0.25, 0.3) is 0 Å². The smallest absolute Gasteiger partial charge is 0.399 e. The molecule has 108 valence electrons. The summed E-state index contributed by atoms with van der Waals surface area (Å²) < 4.78 is 12.3. The van der Waals surface area contributed by atoms with Crippen LogP contribution in [0.1, 0.15) is 52.2 Å². The number of fused-ring (bicyclic) bond motifs is 1. The monoisotopic (exact) mass is 272 g/mol. The fourth-order valence-corrected chi connectivity index (χ4v) is 3.08. The topological polar surface area (TPSA) is 18.5 Å². The van der Waals surface area contributed by atoms with Gasteiger partial charge in [-0.15, -0.1) is 0 Å². The molecule has 0 aromatic heterocycles. The normalized spacial score (nSPS) is 27.4. The highest BCUT2D eigenvalue weighted by atomic mass is 16.7. The van der Waals surface area contributed by atoms with E-state index in [1.54, 1.807) is 0 Å². The summed E-state index contributed by atoms with van der Waals surface area (Å²) in [5.74, 6) is 0.810. The van der Waals surface area contributed by atoms with Gasteiger partial charge in [-0.1, -0.05) is 25.1 Å². The second-order valence-corrected chi connectivity index (χ2v) is 7.46. The van der Waals surface area contributed by atoms with Gasteiger partial charge < -0.3 is 9.31 Å². The Balaban J connectivity index is 1.86. The van der Waals surface area contributed by atoms with Gasteiger partial charge in [0.15, 0.2) is 0 Å². The molecule has 1 saturated heterocycles. The Bertz CT molecular complexity index is 506. The Morgan fingerprint density at radius 3 is 2.35 bits per heavy atom. The number of hydrogen-bond donors (Lipinski definition) is 0. The van der Waals surface area contributed by atoms with Crippen LogP contribution < -0.4 is 5.46 Å². The first-order chi connectivity index (χ1) is 9.28. The molecule has 20 heavy (non-hydrogen) atoms. The van der Waals surface area contributed by atoms with Gasteiger partial charge >= 0.3 is 7.12 Å². The quantitative estimate of drug-likeness (QED) is 0.731. The highest BCUT2D eigenvalue weighted by molar-refractivity contribution is 6.62. The maximum Gasteiger partial charge on any atom is 0.494 e. The van der Waals surface area contributed by atoms with Gasteiger partial charge in [0.05, 0.1) is 11.2 Å². The van der Waals surface area contributed by atoms with Gasteiger partial charge in [0.1, 0.15) is 0 Å². The molecule has 3 heteroatoms. The summed E-state index contributed by atoms with van der Waals surface area (Å²) in [6.07, 6.45) is 3.68. The van der Waals surface area contributed by atoms with Gasteiger partial charge in [0, 0.05) is 0 Å². The lowest BCUT2D eigenvalue weighted by Crippen LogP contribution is -2.41. The molecule has 0 saturated carbocycles. The molecule has 3 rings (SSSR count). The SMILES string of the molecule is C[C@@H]1CCc2cc(B3OC(C)(C)C(C)(C)O3)ccc2C1. The molecule has 0 N–H and O–H groups in total. The predicted octanol–water partition coefficient (Wildman–Crippen LogP) is 3.11. The zero-order valence-electron chi connectivity index (χ0n) is 13.3. The third-order valence-electron chi connectivity index (χ3n) is 5.23. The van der Waals surface area contributed by atoms with Crippen molar-refractivity contribution in [1.82, 2.24) is 0 Å². The van der Waals surface area contributed by atoms with Crippen molar-refractivity contribution in [2.45, 2.75) is 65.1 Å². The van der Waals surface area contributed by atoms with Crippen LogP contribution in [0.2, 0.25) is 0 Å². The van der Waals surface area contributed by atoms with Crippen molar-refractivity contribution >= 4 is 12.6 Å². The molecule has 1 aromatic rings. The van der Waals surface area contributed by atoms with Crippen molar-refractivity contribution < 1.29 is 9.31 Å². The van der Waals surface area contributed by atoms with E-state index in [1.807, 2.05) is 0 Å². The van der Waals surface area contributed by atoms with Gasteiger partial charge in [-0.25, -0.2) is 0 Å². The summed E-state index contributed by atoms with van der Waals surface area (Å²) in [7, 11) is -0.232. The van der Waals surface area contributed by atoms with Crippen LogP contribution in [0, 0.1) is 5.92 Å². The number of hydrogen-bond acceptors (Lipinski definition) is 2. The van der Waals surface area contributed by atoms with Crippen molar-refractivity contribution in [1.29, 1.82) is 0 Å². The minimum Gasteiger partial charge on any atom is -0.399 e. The molecule has 1 heterocycles. The Morgan fingerprint density at radius 1 is 1.05 bits per heavy atom. The van der Waals surface area contributed by atoms with Gasteiger partial charge in [0.2, 0.25) is 0 Å². The first-order valence-corrected chi connectivity index (χ1v) is 7.76. The Kier molecular flexibility index (Phi) is 3.26. The van der Waals surface area contributed by atoms with Crippen LogP contribution >= 0.6 is 0 Å². The average molecular weight is 272 g/mol. The highest BCUT2D eigenvalue weighted by Crippen LogP contribution is 2.36. The van der Waals surface area contributed by atoms with E-state index in [1.165, 1.54) is 30.4 Å². The minimum atomic E-state index is -0.262. The van der Waals surface area contributed by atoms with E-state index in [4.69, 9.17) is 9.31 Å². The third kappa shape index (κ3) is 2.31. The molecule has 0 bridgehead atoms. The van der Waals surface area contributed by atoms with E-state index >= 15 is 0 Å². The fraction of sp³-hybridized carbons (Fsp3) is 0.647. The third-order valence-corrected chi connectivity index (χ3v) is 5.23. The van der Waals surface area contributed by atoms with Crippen LogP contribution in [0.15, 0.2) is 18.2 Å². The maximum atomic E-state index is 6.14. The highest BCUT2D eigenvalue weighted by Gasteiger charge is 2.51. The summed E-state index contributed by atoms with van der Waals surface area (Å²) in [6, 6.07) is 6.74. The molecule has 0 amide bonds. The van der Waals surface area contributed by atoms with Crippen LogP contribution in [0.25, 0.3) is 0 Å². The van der Waals surface area contributed by atoms with E-state index in [0.717, 1.165) is 11.4 Å². The van der Waals surface area contributed by atoms with Crippen LogP contribution in [0.4, 0.5) is 0 Å². The van der Waals surface area contributed by atoms with E-state index in [2.05, 4.69) is 52.8 Å². The molecule has 0 spiro atoms. The molecular formula is C17H25BO2. The summed E-state index contributed by atoms with van der Waals surface area (Å²) in [5, 5.41) is 0. The van der Waals surface area contributed by atoms with E-state index < -0.39 is 0 Å². The zero-order chi connectivity index (χ0) is 14.5. The van der Waals surface area contributed by atoms with E-state index in [9.17, 15) is 0 Å². The number of benzene rings is 1. The maximum absolute atomic E-state index is 6.14. The molecule has 1 aliphatic heterocycles. The van der Waals surface area contributed by atoms with Crippen LogP contribution in [0.5, 0.6) is 0 Å².